The van der Waals surface area contributed by atoms with Crippen LogP contribution in [0.1, 0.15) is 11.0 Å². The van der Waals surface area contributed by atoms with E-state index in [2.05, 4.69) is 24.9 Å². The normalized spacial score (nSPS) is 21.4. The summed E-state index contributed by atoms with van der Waals surface area (Å²) in [7, 11) is 1.02. The maximum atomic E-state index is 8.75. The van der Waals surface area contributed by atoms with Crippen molar-refractivity contribution in [1.82, 2.24) is 34.3 Å². The van der Waals surface area contributed by atoms with Gasteiger partial charge in [-0.15, -0.1) is 5.10 Å². The minimum absolute atomic E-state index is 0.0364. The highest BCUT2D eigenvalue weighted by Gasteiger charge is 2.20. The Hall–Kier alpha value is -4.16. The van der Waals surface area contributed by atoms with E-state index in [1.54, 1.807) is 27.9 Å². The van der Waals surface area contributed by atoms with Gasteiger partial charge in [-0.1, -0.05) is 0 Å². The number of fused-ring (bicyclic) bond motifs is 3. The van der Waals surface area contributed by atoms with Gasteiger partial charge < -0.3 is 24.5 Å². The third kappa shape index (κ3) is 4.68. The van der Waals surface area contributed by atoms with Crippen molar-refractivity contribution in [3.05, 3.63) is 48.9 Å². The molecule has 2 N–H and O–H groups in total. The molecule has 5 aromatic rings. The quantitative estimate of drug-likeness (QED) is 0.315. The molecule has 1 aromatic carbocycles. The minimum Gasteiger partial charge on any atom is -0.491 e. The summed E-state index contributed by atoms with van der Waals surface area (Å²) in [5.74, 6) is 0.870. The second-order valence-electron chi connectivity index (χ2n) is 8.09. The van der Waals surface area contributed by atoms with Gasteiger partial charge in [0.25, 0.3) is 0 Å². The molecule has 12 nitrogen and oxygen atoms in total. The highest BCUT2D eigenvalue weighted by Crippen LogP contribution is 2.24. The first-order valence-corrected chi connectivity index (χ1v) is 11.4. The molecule has 1 aliphatic heterocycles. The molecule has 12 heteroatoms. The van der Waals surface area contributed by atoms with E-state index in [0.29, 0.717) is 28.3 Å². The number of hydrogen-bond acceptors (Lipinski definition) is 10. The number of furan rings is 1. The van der Waals surface area contributed by atoms with E-state index in [4.69, 9.17) is 25.9 Å². The highest BCUT2D eigenvalue weighted by atomic mass is 16.5. The summed E-state index contributed by atoms with van der Waals surface area (Å²) in [6.45, 7) is -9.56. The van der Waals surface area contributed by atoms with Crippen LogP contribution in [-0.2, 0) is 11.3 Å². The fourth-order valence-corrected chi connectivity index (χ4v) is 3.95. The van der Waals surface area contributed by atoms with Gasteiger partial charge in [0, 0.05) is 45.4 Å². The summed E-state index contributed by atoms with van der Waals surface area (Å²) in [4.78, 5) is 11.7. The van der Waals surface area contributed by atoms with Crippen LogP contribution in [0.4, 0.5) is 11.6 Å². The van der Waals surface area contributed by atoms with Crippen LogP contribution in [0.5, 0.6) is 5.75 Å². The van der Waals surface area contributed by atoms with Crippen molar-refractivity contribution in [2.45, 2.75) is 6.54 Å². The zero-order valence-corrected chi connectivity index (χ0v) is 19.8. The first-order valence-electron chi connectivity index (χ1n) is 15.4. The molecule has 6 rings (SSSR count). The number of benzene rings is 1. The number of ether oxygens (including phenoxy) is 2. The Morgan fingerprint density at radius 2 is 1.92 bits per heavy atom. The van der Waals surface area contributed by atoms with E-state index in [0.717, 1.165) is 12.0 Å². The summed E-state index contributed by atoms with van der Waals surface area (Å²) in [5, 5.41) is 9.41. The SMILES string of the molecule is [2H]C1([2H])CN(CCn2ncc3c2nc(N)n2nc(-c4ccco4)nc32)CC([2H])([2H])N1c1ccc(OC([2H])([2H])C([2H])([2H])OC)cc1. The molecule has 0 unspecified atom stereocenters. The Balaban J connectivity index is 1.17. The average molecular weight is 512 g/mol. The van der Waals surface area contributed by atoms with E-state index in [1.165, 1.54) is 35.0 Å². The molecular weight excluding hydrogens is 474 g/mol. The van der Waals surface area contributed by atoms with Crippen LogP contribution < -0.4 is 15.4 Å². The molecule has 1 aliphatic rings. The lowest BCUT2D eigenvalue weighted by Gasteiger charge is -2.36. The lowest BCUT2D eigenvalue weighted by atomic mass is 10.2. The molecule has 0 radical (unpaired) electrons. The lowest BCUT2D eigenvalue weighted by Crippen LogP contribution is -2.47. The van der Waals surface area contributed by atoms with Gasteiger partial charge in [0.1, 0.15) is 12.3 Å². The number of hydrogen-bond donors (Lipinski definition) is 1. The van der Waals surface area contributed by atoms with Crippen LogP contribution in [-0.4, -0.2) is 87.1 Å². The van der Waals surface area contributed by atoms with Crippen molar-refractivity contribution in [3.63, 3.8) is 0 Å². The van der Waals surface area contributed by atoms with Gasteiger partial charge in [-0.3, -0.25) is 4.90 Å². The zero-order valence-electron chi connectivity index (χ0n) is 27.8. The van der Waals surface area contributed by atoms with Crippen molar-refractivity contribution in [1.29, 1.82) is 0 Å². The third-order valence-electron chi connectivity index (χ3n) is 5.78. The molecule has 0 saturated carbocycles. The number of nitrogen functional groups attached to an aromatic ring is 1. The highest BCUT2D eigenvalue weighted by molar-refractivity contribution is 5.90. The summed E-state index contributed by atoms with van der Waals surface area (Å²) in [6, 6.07) is 8.89. The minimum atomic E-state index is -2.82. The fourth-order valence-electron chi connectivity index (χ4n) is 3.95. The van der Waals surface area contributed by atoms with Gasteiger partial charge in [-0.25, -0.2) is 9.67 Å². The molecule has 0 atom stereocenters. The Labute approximate surface area is 224 Å². The number of aromatic nitrogens is 6. The van der Waals surface area contributed by atoms with Crippen molar-refractivity contribution < 1.29 is 24.9 Å². The van der Waals surface area contributed by atoms with Crippen LogP contribution in [0.15, 0.2) is 53.3 Å². The van der Waals surface area contributed by atoms with Crippen LogP contribution in [0.3, 0.4) is 0 Å². The molecule has 0 spiro atoms. The number of methoxy groups -OCH3 is 1. The van der Waals surface area contributed by atoms with Gasteiger partial charge in [-0.2, -0.15) is 14.6 Å². The monoisotopic (exact) mass is 511 g/mol. The molecule has 37 heavy (non-hydrogen) atoms. The molecule has 5 heterocycles. The molecule has 0 aliphatic carbocycles. The second kappa shape index (κ2) is 10.1. The number of piperazine rings is 1. The van der Waals surface area contributed by atoms with E-state index in [-0.39, 0.29) is 43.6 Å². The van der Waals surface area contributed by atoms with Crippen LogP contribution >= 0.6 is 0 Å². The summed E-state index contributed by atoms with van der Waals surface area (Å²) in [6.07, 6.45) is 3.11. The van der Waals surface area contributed by atoms with Gasteiger partial charge in [-0.05, 0) is 36.4 Å². The number of rotatable bonds is 9. The Morgan fingerprint density at radius 1 is 1.08 bits per heavy atom. The Bertz CT molecular complexity index is 1810. The number of anilines is 2. The Morgan fingerprint density at radius 3 is 2.68 bits per heavy atom. The fraction of sp³-hybridized carbons (Fsp3) is 0.360. The maximum absolute atomic E-state index is 8.75. The average Bonchev–Trinajstić information content (AvgIpc) is 3.71. The number of nitrogens with zero attached hydrogens (tertiary/aromatic N) is 8. The topological polar surface area (TPSA) is 125 Å². The van der Waals surface area contributed by atoms with E-state index in [1.807, 2.05) is 0 Å². The summed E-state index contributed by atoms with van der Waals surface area (Å²) in [5.41, 5.74) is 7.28. The van der Waals surface area contributed by atoms with Crippen molar-refractivity contribution in [2.24, 2.45) is 0 Å². The van der Waals surface area contributed by atoms with Crippen molar-refractivity contribution >= 4 is 28.3 Å². The molecule has 0 bridgehead atoms. The lowest BCUT2D eigenvalue weighted by molar-refractivity contribution is 0.146. The van der Waals surface area contributed by atoms with Gasteiger partial charge in [0.05, 0.1) is 41.9 Å². The van der Waals surface area contributed by atoms with Gasteiger partial charge in [0.15, 0.2) is 17.1 Å². The van der Waals surface area contributed by atoms with Crippen LogP contribution in [0.2, 0.25) is 0 Å². The molecular formula is C25H29N9O3. The maximum Gasteiger partial charge on any atom is 0.225 e. The van der Waals surface area contributed by atoms with Gasteiger partial charge in [0.2, 0.25) is 11.8 Å². The second-order valence-corrected chi connectivity index (χ2v) is 8.09. The summed E-state index contributed by atoms with van der Waals surface area (Å²) < 4.78 is 84.1. The first kappa shape index (κ1) is 15.8. The van der Waals surface area contributed by atoms with Crippen LogP contribution in [0.25, 0.3) is 28.3 Å². The summed E-state index contributed by atoms with van der Waals surface area (Å²) >= 11 is 0. The molecule has 1 fully saturated rings. The van der Waals surface area contributed by atoms with Crippen molar-refractivity contribution in [2.75, 3.05) is 63.5 Å². The number of nitrogens with two attached hydrogens (primary N) is 1. The van der Waals surface area contributed by atoms with Crippen LogP contribution in [0, 0.1) is 0 Å². The molecule has 0 amide bonds. The predicted octanol–water partition coefficient (Wildman–Crippen LogP) is 2.16. The first-order chi connectivity index (χ1) is 21.1. The third-order valence-corrected chi connectivity index (χ3v) is 5.78. The molecule has 192 valence electrons. The molecule has 4 aromatic heterocycles. The largest absolute Gasteiger partial charge is 0.491 e. The van der Waals surface area contributed by atoms with Gasteiger partial charge >= 0.3 is 0 Å². The zero-order chi connectivity index (χ0) is 32.4. The van der Waals surface area contributed by atoms with E-state index < -0.39 is 26.1 Å². The smallest absolute Gasteiger partial charge is 0.225 e. The van der Waals surface area contributed by atoms with E-state index >= 15 is 0 Å². The van der Waals surface area contributed by atoms with E-state index in [9.17, 15) is 0 Å². The van der Waals surface area contributed by atoms with Crippen molar-refractivity contribution in [3.8, 4) is 17.3 Å². The standard InChI is InChI=1S/C25H29N9O3/c1-35-15-16-36-19-6-4-18(5-7-19)32-11-8-31(9-12-32)10-13-33-23-20(17-27-33)24-28-22(21-3-2-14-37-21)30-34(24)25(26)29-23/h2-7,14,17H,8-13,15-16H2,1H3,(H2,26,29)/i11D2,12D2,15D2,16D2. The predicted molar refractivity (Wildman–Crippen MR) is 139 cm³/mol. The molecule has 1 saturated heterocycles. The Kier molecular flexibility index (Phi) is 4.31.